The minimum Gasteiger partial charge on any atom is -0.396 e. The molecule has 0 aliphatic carbocycles. The van der Waals surface area contributed by atoms with E-state index in [1.807, 2.05) is 0 Å². The van der Waals surface area contributed by atoms with Crippen LogP contribution in [0.25, 0.3) is 0 Å². The fourth-order valence-corrected chi connectivity index (χ4v) is 3.82. The molecule has 0 bridgehead atoms. The van der Waals surface area contributed by atoms with Gasteiger partial charge in [-0.1, -0.05) is 18.2 Å². The average molecular weight is 316 g/mol. The van der Waals surface area contributed by atoms with Crippen LogP contribution in [0.5, 0.6) is 0 Å². The second kappa shape index (κ2) is 7.31. The van der Waals surface area contributed by atoms with Gasteiger partial charge in [0.05, 0.1) is 0 Å². The zero-order chi connectivity index (χ0) is 15.3. The van der Waals surface area contributed by atoms with E-state index >= 15 is 0 Å². The summed E-state index contributed by atoms with van der Waals surface area (Å²) in [6.45, 7) is 0.960. The first-order chi connectivity index (χ1) is 10.0. The number of benzene rings is 1. The van der Waals surface area contributed by atoms with Crippen molar-refractivity contribution in [3.8, 4) is 0 Å². The third-order valence-corrected chi connectivity index (χ3v) is 5.30. The molecule has 1 aliphatic rings. The molecule has 1 atom stereocenters. The van der Waals surface area contributed by atoms with E-state index in [1.165, 1.54) is 10.4 Å². The molecule has 1 saturated heterocycles. The Bertz CT molecular complexity index is 565. The van der Waals surface area contributed by atoms with Gasteiger partial charge in [-0.3, -0.25) is 0 Å². The van der Waals surface area contributed by atoms with Gasteiger partial charge in [0.25, 0.3) is 10.2 Å². The number of hydrogen-bond donors (Lipinski definition) is 2. The Balaban J connectivity index is 1.88. The molecule has 0 radical (unpaired) electrons. The van der Waals surface area contributed by atoms with Crippen LogP contribution in [0.4, 0.5) is 4.39 Å². The third kappa shape index (κ3) is 4.47. The first-order valence-corrected chi connectivity index (χ1v) is 8.56. The Morgan fingerprint density at radius 2 is 2.14 bits per heavy atom. The molecule has 1 aromatic carbocycles. The van der Waals surface area contributed by atoms with Crippen molar-refractivity contribution < 1.29 is 17.9 Å². The van der Waals surface area contributed by atoms with Crippen LogP contribution < -0.4 is 4.72 Å². The molecule has 0 saturated carbocycles. The molecular formula is C14H21FN2O3S. The van der Waals surface area contributed by atoms with Crippen molar-refractivity contribution in [1.82, 2.24) is 9.03 Å². The van der Waals surface area contributed by atoms with Crippen LogP contribution in [0.1, 0.15) is 18.4 Å². The van der Waals surface area contributed by atoms with Gasteiger partial charge in [-0.15, -0.1) is 0 Å². The lowest BCUT2D eigenvalue weighted by Crippen LogP contribution is -2.47. The number of aliphatic hydroxyl groups excluding tert-OH is 1. The van der Waals surface area contributed by atoms with E-state index in [0.717, 1.165) is 12.8 Å². The van der Waals surface area contributed by atoms with Crippen LogP contribution in [-0.4, -0.2) is 44.1 Å². The summed E-state index contributed by atoms with van der Waals surface area (Å²) in [5.74, 6) is -0.322. The van der Waals surface area contributed by atoms with Gasteiger partial charge in [0, 0.05) is 26.2 Å². The SMILES string of the molecule is O=S(=O)(NCCc1ccccc1F)N1CCCC(CO)C1. The van der Waals surface area contributed by atoms with Crippen molar-refractivity contribution in [2.75, 3.05) is 26.2 Å². The first-order valence-electron chi connectivity index (χ1n) is 7.12. The Morgan fingerprint density at radius 1 is 1.38 bits per heavy atom. The van der Waals surface area contributed by atoms with E-state index in [1.54, 1.807) is 18.2 Å². The van der Waals surface area contributed by atoms with Gasteiger partial charge in [0.15, 0.2) is 0 Å². The minimum atomic E-state index is -3.56. The van der Waals surface area contributed by atoms with Gasteiger partial charge < -0.3 is 5.11 Å². The summed E-state index contributed by atoms with van der Waals surface area (Å²) in [6.07, 6.45) is 1.90. The van der Waals surface area contributed by atoms with Gasteiger partial charge in [0.1, 0.15) is 5.82 Å². The number of hydrogen-bond acceptors (Lipinski definition) is 3. The molecule has 21 heavy (non-hydrogen) atoms. The molecule has 1 aromatic rings. The summed E-state index contributed by atoms with van der Waals surface area (Å²) in [5.41, 5.74) is 0.493. The van der Waals surface area contributed by atoms with E-state index < -0.39 is 10.2 Å². The van der Waals surface area contributed by atoms with Gasteiger partial charge in [-0.05, 0) is 36.8 Å². The highest BCUT2D eigenvalue weighted by Crippen LogP contribution is 2.18. The lowest BCUT2D eigenvalue weighted by Gasteiger charge is -2.30. The van der Waals surface area contributed by atoms with Gasteiger partial charge in [-0.2, -0.15) is 12.7 Å². The van der Waals surface area contributed by atoms with E-state index in [9.17, 15) is 12.8 Å². The van der Waals surface area contributed by atoms with Crippen molar-refractivity contribution in [3.05, 3.63) is 35.6 Å². The molecule has 118 valence electrons. The predicted octanol–water partition coefficient (Wildman–Crippen LogP) is 0.907. The molecule has 0 amide bonds. The van der Waals surface area contributed by atoms with Crippen LogP contribution >= 0.6 is 0 Å². The van der Waals surface area contributed by atoms with Gasteiger partial charge in [0.2, 0.25) is 0 Å². The minimum absolute atomic E-state index is 0.00124. The summed E-state index contributed by atoms with van der Waals surface area (Å²) in [7, 11) is -3.56. The number of rotatable bonds is 6. The second-order valence-electron chi connectivity index (χ2n) is 5.29. The van der Waals surface area contributed by atoms with Crippen LogP contribution in [-0.2, 0) is 16.6 Å². The summed E-state index contributed by atoms with van der Waals surface area (Å²) >= 11 is 0. The maximum Gasteiger partial charge on any atom is 0.279 e. The van der Waals surface area contributed by atoms with E-state index in [-0.39, 0.29) is 24.9 Å². The largest absolute Gasteiger partial charge is 0.396 e. The molecule has 0 aromatic heterocycles. The summed E-state index contributed by atoms with van der Waals surface area (Å²) < 4.78 is 41.6. The first kappa shape index (κ1) is 16.4. The Labute approximate surface area is 125 Å². The highest BCUT2D eigenvalue weighted by Gasteiger charge is 2.28. The Hall–Kier alpha value is -1.02. The van der Waals surface area contributed by atoms with Crippen molar-refractivity contribution in [1.29, 1.82) is 0 Å². The molecule has 1 heterocycles. The van der Waals surface area contributed by atoms with E-state index in [2.05, 4.69) is 4.72 Å². The molecular weight excluding hydrogens is 295 g/mol. The fraction of sp³-hybridized carbons (Fsp3) is 0.571. The number of nitrogens with zero attached hydrogens (tertiary/aromatic N) is 1. The molecule has 1 unspecified atom stereocenters. The van der Waals surface area contributed by atoms with Gasteiger partial charge in [-0.25, -0.2) is 9.11 Å². The molecule has 5 nitrogen and oxygen atoms in total. The summed E-state index contributed by atoms with van der Waals surface area (Å²) in [6, 6.07) is 6.34. The Kier molecular flexibility index (Phi) is 5.69. The van der Waals surface area contributed by atoms with Crippen LogP contribution in [0.2, 0.25) is 0 Å². The fourth-order valence-electron chi connectivity index (χ4n) is 2.50. The van der Waals surface area contributed by atoms with Crippen molar-refractivity contribution in [2.24, 2.45) is 5.92 Å². The summed E-state index contributed by atoms with van der Waals surface area (Å²) in [4.78, 5) is 0. The average Bonchev–Trinajstić information content (AvgIpc) is 2.49. The molecule has 1 fully saturated rings. The van der Waals surface area contributed by atoms with Crippen molar-refractivity contribution in [2.45, 2.75) is 19.3 Å². The number of halogens is 1. The molecule has 0 spiro atoms. The van der Waals surface area contributed by atoms with Crippen LogP contribution in [0.15, 0.2) is 24.3 Å². The van der Waals surface area contributed by atoms with E-state index in [4.69, 9.17) is 5.11 Å². The smallest absolute Gasteiger partial charge is 0.279 e. The maximum atomic E-state index is 13.4. The molecule has 2 rings (SSSR count). The topological polar surface area (TPSA) is 69.6 Å². The monoisotopic (exact) mass is 316 g/mol. The van der Waals surface area contributed by atoms with Crippen molar-refractivity contribution in [3.63, 3.8) is 0 Å². The lowest BCUT2D eigenvalue weighted by atomic mass is 10.0. The van der Waals surface area contributed by atoms with Crippen molar-refractivity contribution >= 4 is 10.2 Å². The van der Waals surface area contributed by atoms with Crippen LogP contribution in [0, 0.1) is 11.7 Å². The maximum absolute atomic E-state index is 13.4. The van der Waals surface area contributed by atoms with Crippen LogP contribution in [0.3, 0.4) is 0 Å². The molecule has 7 heteroatoms. The predicted molar refractivity (Wildman–Crippen MR) is 78.4 cm³/mol. The molecule has 2 N–H and O–H groups in total. The standard InChI is InChI=1S/C14H21FN2O3S/c15-14-6-2-1-5-13(14)7-8-16-21(19,20)17-9-3-4-12(10-17)11-18/h1-2,5-6,12,16,18H,3-4,7-11H2. The third-order valence-electron chi connectivity index (χ3n) is 3.72. The highest BCUT2D eigenvalue weighted by molar-refractivity contribution is 7.87. The summed E-state index contributed by atoms with van der Waals surface area (Å²) in [5, 5.41) is 9.15. The number of aliphatic hydroxyl groups is 1. The van der Waals surface area contributed by atoms with Gasteiger partial charge >= 0.3 is 0 Å². The number of piperidine rings is 1. The highest BCUT2D eigenvalue weighted by atomic mass is 32.2. The molecule has 1 aliphatic heterocycles. The normalized spacial score (nSPS) is 20.6. The van der Waals surface area contributed by atoms with E-state index in [0.29, 0.717) is 25.1 Å². The second-order valence-corrected chi connectivity index (χ2v) is 7.04. The number of nitrogens with one attached hydrogen (secondary N) is 1. The Morgan fingerprint density at radius 3 is 2.86 bits per heavy atom. The zero-order valence-corrected chi connectivity index (χ0v) is 12.7. The zero-order valence-electron chi connectivity index (χ0n) is 11.8. The quantitative estimate of drug-likeness (QED) is 0.819. The lowest BCUT2D eigenvalue weighted by molar-refractivity contribution is 0.165.